The minimum Gasteiger partial charge on any atom is -0.330 e. The molecule has 2 aliphatic carbocycles. The van der Waals surface area contributed by atoms with Gasteiger partial charge < -0.3 is 10.6 Å². The van der Waals surface area contributed by atoms with Crippen LogP contribution in [0.25, 0.3) is 0 Å². The Kier molecular flexibility index (Phi) is 2.97. The van der Waals surface area contributed by atoms with Crippen molar-refractivity contribution in [3.8, 4) is 0 Å². The maximum Gasteiger partial charge on any atom is 0.00502 e. The monoisotopic (exact) mass is 222 g/mol. The van der Waals surface area contributed by atoms with Gasteiger partial charge in [-0.25, -0.2) is 0 Å². The van der Waals surface area contributed by atoms with Gasteiger partial charge in [0.1, 0.15) is 0 Å². The van der Waals surface area contributed by atoms with E-state index in [-0.39, 0.29) is 0 Å². The van der Waals surface area contributed by atoms with Gasteiger partial charge in [-0.15, -0.1) is 0 Å². The summed E-state index contributed by atoms with van der Waals surface area (Å²) in [5.41, 5.74) is 6.43. The van der Waals surface area contributed by atoms with E-state index in [9.17, 15) is 0 Å². The summed E-state index contributed by atoms with van der Waals surface area (Å²) in [6.45, 7) is 4.94. The van der Waals surface area contributed by atoms with Crippen LogP contribution >= 0.6 is 0 Å². The molecule has 1 saturated heterocycles. The molecule has 2 heteroatoms. The van der Waals surface area contributed by atoms with Gasteiger partial charge in [0.05, 0.1) is 0 Å². The molecule has 2 unspecified atom stereocenters. The van der Waals surface area contributed by atoms with Crippen molar-refractivity contribution in [3.05, 3.63) is 0 Å². The zero-order valence-electron chi connectivity index (χ0n) is 10.5. The lowest BCUT2D eigenvalue weighted by molar-refractivity contribution is 0.0731. The van der Waals surface area contributed by atoms with Gasteiger partial charge in [0.25, 0.3) is 0 Å². The molecule has 0 aromatic rings. The summed E-state index contributed by atoms with van der Waals surface area (Å²) in [6, 6.07) is 0. The quantitative estimate of drug-likeness (QED) is 0.793. The second-order valence-electron chi connectivity index (χ2n) is 6.53. The van der Waals surface area contributed by atoms with Crippen LogP contribution in [0.5, 0.6) is 0 Å². The molecule has 0 spiro atoms. The fourth-order valence-corrected chi connectivity index (χ4v) is 3.90. The van der Waals surface area contributed by atoms with Crippen LogP contribution in [-0.2, 0) is 0 Å². The largest absolute Gasteiger partial charge is 0.330 e. The highest BCUT2D eigenvalue weighted by Gasteiger charge is 2.43. The summed E-state index contributed by atoms with van der Waals surface area (Å²) in [5.74, 6) is 2.09. The zero-order chi connectivity index (χ0) is 11.0. The molecule has 1 heterocycles. The van der Waals surface area contributed by atoms with Crippen molar-refractivity contribution in [3.63, 3.8) is 0 Å². The van der Waals surface area contributed by atoms with Crippen LogP contribution in [0.2, 0.25) is 0 Å². The van der Waals surface area contributed by atoms with Gasteiger partial charge in [-0.2, -0.15) is 0 Å². The molecule has 0 bridgehead atoms. The number of fused-ring (bicyclic) bond motifs is 1. The van der Waals surface area contributed by atoms with Crippen molar-refractivity contribution >= 4 is 0 Å². The molecule has 2 N–H and O–H groups in total. The number of hydrogen-bond donors (Lipinski definition) is 1. The van der Waals surface area contributed by atoms with E-state index in [1.807, 2.05) is 0 Å². The summed E-state index contributed by atoms with van der Waals surface area (Å²) in [7, 11) is 0. The third kappa shape index (κ3) is 2.14. The van der Waals surface area contributed by atoms with Crippen molar-refractivity contribution in [2.24, 2.45) is 23.0 Å². The Morgan fingerprint density at radius 1 is 1.06 bits per heavy atom. The van der Waals surface area contributed by atoms with Crippen LogP contribution in [0.1, 0.15) is 44.9 Å². The van der Waals surface area contributed by atoms with E-state index >= 15 is 0 Å². The van der Waals surface area contributed by atoms with E-state index < -0.39 is 0 Å². The van der Waals surface area contributed by atoms with E-state index in [1.165, 1.54) is 64.6 Å². The van der Waals surface area contributed by atoms with Crippen molar-refractivity contribution in [1.29, 1.82) is 0 Å². The second-order valence-corrected chi connectivity index (χ2v) is 6.53. The summed E-state index contributed by atoms with van der Waals surface area (Å²) in [6.07, 6.45) is 10.2. The number of rotatable bonds is 3. The number of nitrogens with two attached hydrogens (primary N) is 1. The van der Waals surface area contributed by atoms with E-state index in [1.54, 1.807) is 0 Å². The van der Waals surface area contributed by atoms with Gasteiger partial charge in [0.15, 0.2) is 0 Å². The van der Waals surface area contributed by atoms with Crippen LogP contribution in [0.3, 0.4) is 0 Å². The average Bonchev–Trinajstić information content (AvgIpc) is 3.09. The standard InChI is InChI=1S/C14H26N2/c15-10-14(6-7-14)11-16-8-5-12-3-1-2-4-13(12)9-16/h12-13H,1-11,15H2. The van der Waals surface area contributed by atoms with Crippen LogP contribution in [-0.4, -0.2) is 31.1 Å². The maximum absolute atomic E-state index is 5.89. The Labute approximate surface area is 99.6 Å². The second kappa shape index (κ2) is 4.30. The normalized spacial score (nSPS) is 38.1. The highest BCUT2D eigenvalue weighted by atomic mass is 15.1. The van der Waals surface area contributed by atoms with Crippen LogP contribution in [0.4, 0.5) is 0 Å². The molecular formula is C14H26N2. The summed E-state index contributed by atoms with van der Waals surface area (Å²) in [4.78, 5) is 2.73. The number of hydrogen-bond acceptors (Lipinski definition) is 2. The van der Waals surface area contributed by atoms with Gasteiger partial charge >= 0.3 is 0 Å². The van der Waals surface area contributed by atoms with Crippen molar-refractivity contribution in [2.75, 3.05) is 26.2 Å². The molecule has 2 atom stereocenters. The van der Waals surface area contributed by atoms with Crippen LogP contribution < -0.4 is 5.73 Å². The minimum absolute atomic E-state index is 0.543. The molecule has 0 aromatic heterocycles. The van der Waals surface area contributed by atoms with Crippen LogP contribution in [0.15, 0.2) is 0 Å². The lowest BCUT2D eigenvalue weighted by Crippen LogP contribution is -2.45. The number of piperidine rings is 1. The topological polar surface area (TPSA) is 29.3 Å². The number of likely N-dealkylation sites (tertiary alicyclic amines) is 1. The summed E-state index contributed by atoms with van der Waals surface area (Å²) < 4.78 is 0. The Bertz CT molecular complexity index is 247. The van der Waals surface area contributed by atoms with Gasteiger partial charge in [-0.3, -0.25) is 0 Å². The zero-order valence-corrected chi connectivity index (χ0v) is 10.5. The molecule has 2 saturated carbocycles. The smallest absolute Gasteiger partial charge is 0.00502 e. The Morgan fingerprint density at radius 3 is 2.50 bits per heavy atom. The first-order chi connectivity index (χ1) is 7.81. The molecule has 0 radical (unpaired) electrons. The van der Waals surface area contributed by atoms with Gasteiger partial charge in [-0.1, -0.05) is 19.3 Å². The molecule has 0 amide bonds. The maximum atomic E-state index is 5.89. The Morgan fingerprint density at radius 2 is 1.81 bits per heavy atom. The molecular weight excluding hydrogens is 196 g/mol. The molecule has 92 valence electrons. The molecule has 3 aliphatic rings. The molecule has 3 rings (SSSR count). The van der Waals surface area contributed by atoms with Crippen molar-refractivity contribution in [1.82, 2.24) is 4.90 Å². The lowest BCUT2D eigenvalue weighted by Gasteiger charge is -2.42. The first kappa shape index (κ1) is 11.0. The molecule has 1 aliphatic heterocycles. The Hall–Kier alpha value is -0.0800. The molecule has 16 heavy (non-hydrogen) atoms. The molecule has 2 nitrogen and oxygen atoms in total. The van der Waals surface area contributed by atoms with Gasteiger partial charge in [-0.05, 0) is 56.0 Å². The third-order valence-corrected chi connectivity index (χ3v) is 5.32. The fourth-order valence-electron chi connectivity index (χ4n) is 3.90. The first-order valence-corrected chi connectivity index (χ1v) is 7.24. The third-order valence-electron chi connectivity index (χ3n) is 5.32. The highest BCUT2D eigenvalue weighted by molar-refractivity contribution is 4.97. The van der Waals surface area contributed by atoms with E-state index in [0.717, 1.165) is 18.4 Å². The van der Waals surface area contributed by atoms with Gasteiger partial charge in [0.2, 0.25) is 0 Å². The average molecular weight is 222 g/mol. The van der Waals surface area contributed by atoms with Crippen molar-refractivity contribution in [2.45, 2.75) is 44.9 Å². The summed E-state index contributed by atoms with van der Waals surface area (Å²) in [5, 5.41) is 0. The number of nitrogens with zero attached hydrogens (tertiary/aromatic N) is 1. The highest BCUT2D eigenvalue weighted by Crippen LogP contribution is 2.46. The van der Waals surface area contributed by atoms with Crippen LogP contribution in [0, 0.1) is 17.3 Å². The molecule has 3 fully saturated rings. The summed E-state index contributed by atoms with van der Waals surface area (Å²) >= 11 is 0. The lowest BCUT2D eigenvalue weighted by atomic mass is 9.75. The fraction of sp³-hybridized carbons (Fsp3) is 1.00. The predicted molar refractivity (Wildman–Crippen MR) is 67.2 cm³/mol. The van der Waals surface area contributed by atoms with Gasteiger partial charge in [0, 0.05) is 13.1 Å². The van der Waals surface area contributed by atoms with E-state index in [2.05, 4.69) is 4.90 Å². The van der Waals surface area contributed by atoms with E-state index in [4.69, 9.17) is 5.73 Å². The molecule has 0 aromatic carbocycles. The van der Waals surface area contributed by atoms with E-state index in [0.29, 0.717) is 5.41 Å². The predicted octanol–water partition coefficient (Wildman–Crippen LogP) is 2.24. The SMILES string of the molecule is NCC1(CN2CCC3CCCCC3C2)CC1. The first-order valence-electron chi connectivity index (χ1n) is 7.24. The minimum atomic E-state index is 0.543. The van der Waals surface area contributed by atoms with Crippen molar-refractivity contribution < 1.29 is 0 Å². The Balaban J connectivity index is 1.54.